The Kier molecular flexibility index (Phi) is 3.15. The molecule has 1 heterocycles. The van der Waals surface area contributed by atoms with Crippen LogP contribution >= 0.6 is 11.3 Å². The van der Waals surface area contributed by atoms with E-state index in [1.54, 1.807) is 11.3 Å². The van der Waals surface area contributed by atoms with Crippen LogP contribution < -0.4 is 5.32 Å². The highest BCUT2D eigenvalue weighted by atomic mass is 32.1. The molecule has 0 fully saturated rings. The van der Waals surface area contributed by atoms with Crippen LogP contribution in [0.3, 0.4) is 0 Å². The van der Waals surface area contributed by atoms with Gasteiger partial charge in [-0.25, -0.2) is 0 Å². The first-order chi connectivity index (χ1) is 5.61. The molecule has 0 saturated carbocycles. The van der Waals surface area contributed by atoms with Crippen molar-refractivity contribution >= 4 is 17.0 Å². The minimum atomic E-state index is 0.554. The van der Waals surface area contributed by atoms with Crippen molar-refractivity contribution in [2.75, 3.05) is 5.32 Å². The van der Waals surface area contributed by atoms with E-state index in [1.807, 2.05) is 0 Å². The van der Waals surface area contributed by atoms with Gasteiger partial charge < -0.3 is 5.32 Å². The fourth-order valence-corrected chi connectivity index (χ4v) is 1.71. The zero-order valence-electron chi connectivity index (χ0n) is 8.22. The average molecular weight is 183 g/mol. The monoisotopic (exact) mass is 183 g/mol. The number of hydrogen-bond acceptors (Lipinski definition) is 2. The second kappa shape index (κ2) is 3.94. The van der Waals surface area contributed by atoms with Gasteiger partial charge in [0.1, 0.15) is 0 Å². The Labute approximate surface area is 78.8 Å². The Morgan fingerprint density at radius 3 is 2.33 bits per heavy atom. The molecule has 0 saturated heterocycles. The van der Waals surface area contributed by atoms with Crippen LogP contribution in [-0.2, 0) is 0 Å². The summed E-state index contributed by atoms with van der Waals surface area (Å²) in [5, 5.41) is 7.85. The second-order valence-electron chi connectivity index (χ2n) is 3.65. The number of aryl methyl sites for hydroxylation is 1. The molecule has 1 unspecified atom stereocenters. The molecule has 2 heteroatoms. The van der Waals surface area contributed by atoms with Crippen molar-refractivity contribution in [2.24, 2.45) is 5.92 Å². The van der Waals surface area contributed by atoms with Crippen molar-refractivity contribution in [3.8, 4) is 0 Å². The van der Waals surface area contributed by atoms with Gasteiger partial charge in [-0.3, -0.25) is 0 Å². The standard InChI is InChI=1S/C10H17NS/c1-7(2)9(4)11-10-6-12-5-8(10)3/h5-7,9,11H,1-4H3. The average Bonchev–Trinajstić information content (AvgIpc) is 2.36. The molecule has 1 aromatic rings. The molecule has 0 aliphatic heterocycles. The third-order valence-corrected chi connectivity index (χ3v) is 3.10. The van der Waals surface area contributed by atoms with Crippen molar-refractivity contribution in [2.45, 2.75) is 33.7 Å². The minimum Gasteiger partial charge on any atom is -0.381 e. The summed E-state index contributed by atoms with van der Waals surface area (Å²) in [6.07, 6.45) is 0. The predicted molar refractivity (Wildman–Crippen MR) is 57.0 cm³/mol. The molecule has 1 nitrogen and oxygen atoms in total. The SMILES string of the molecule is Cc1cscc1NC(C)C(C)C. The summed E-state index contributed by atoms with van der Waals surface area (Å²) in [4.78, 5) is 0. The van der Waals surface area contributed by atoms with Crippen LogP contribution in [-0.4, -0.2) is 6.04 Å². The smallest absolute Gasteiger partial charge is 0.0480 e. The van der Waals surface area contributed by atoms with Crippen molar-refractivity contribution in [3.05, 3.63) is 16.3 Å². The van der Waals surface area contributed by atoms with E-state index in [1.165, 1.54) is 11.3 Å². The maximum Gasteiger partial charge on any atom is 0.0480 e. The Hall–Kier alpha value is -0.500. The fraction of sp³-hybridized carbons (Fsp3) is 0.600. The van der Waals surface area contributed by atoms with E-state index in [2.05, 4.69) is 43.8 Å². The molecule has 12 heavy (non-hydrogen) atoms. The van der Waals surface area contributed by atoms with Crippen LogP contribution in [0.15, 0.2) is 10.8 Å². The zero-order valence-corrected chi connectivity index (χ0v) is 9.03. The van der Waals surface area contributed by atoms with E-state index in [0.29, 0.717) is 12.0 Å². The van der Waals surface area contributed by atoms with Gasteiger partial charge >= 0.3 is 0 Å². The Morgan fingerprint density at radius 1 is 1.25 bits per heavy atom. The van der Waals surface area contributed by atoms with E-state index in [-0.39, 0.29) is 0 Å². The molecule has 0 spiro atoms. The van der Waals surface area contributed by atoms with Gasteiger partial charge in [-0.1, -0.05) is 13.8 Å². The number of anilines is 1. The van der Waals surface area contributed by atoms with Gasteiger partial charge in [0.15, 0.2) is 0 Å². The molecule has 68 valence electrons. The van der Waals surface area contributed by atoms with E-state index in [9.17, 15) is 0 Å². The lowest BCUT2D eigenvalue weighted by molar-refractivity contribution is 0.560. The lowest BCUT2D eigenvalue weighted by Crippen LogP contribution is -2.21. The molecule has 1 rings (SSSR count). The van der Waals surface area contributed by atoms with Gasteiger partial charge in [-0.05, 0) is 30.7 Å². The number of thiophene rings is 1. The molecule has 0 amide bonds. The maximum atomic E-state index is 3.50. The molecule has 0 aliphatic rings. The van der Waals surface area contributed by atoms with Crippen molar-refractivity contribution in [1.29, 1.82) is 0 Å². The molecular formula is C10H17NS. The molecule has 0 aliphatic carbocycles. The van der Waals surface area contributed by atoms with Gasteiger partial charge in [0.05, 0.1) is 0 Å². The van der Waals surface area contributed by atoms with Crippen LogP contribution in [0.1, 0.15) is 26.3 Å². The first-order valence-electron chi connectivity index (χ1n) is 4.40. The van der Waals surface area contributed by atoms with Crippen LogP contribution in [0.5, 0.6) is 0 Å². The third kappa shape index (κ3) is 2.24. The summed E-state index contributed by atoms with van der Waals surface area (Å²) in [5.41, 5.74) is 2.65. The van der Waals surface area contributed by atoms with Gasteiger partial charge in [0.2, 0.25) is 0 Å². The van der Waals surface area contributed by atoms with Crippen LogP contribution in [0.2, 0.25) is 0 Å². The number of hydrogen-bond donors (Lipinski definition) is 1. The summed E-state index contributed by atoms with van der Waals surface area (Å²) in [6.45, 7) is 8.84. The predicted octanol–water partition coefficient (Wildman–Crippen LogP) is 3.51. The molecular weight excluding hydrogens is 166 g/mol. The van der Waals surface area contributed by atoms with Crippen LogP contribution in [0.4, 0.5) is 5.69 Å². The summed E-state index contributed by atoms with van der Waals surface area (Å²) >= 11 is 1.76. The van der Waals surface area contributed by atoms with Gasteiger partial charge in [-0.15, -0.1) is 11.3 Å². The topological polar surface area (TPSA) is 12.0 Å². The largest absolute Gasteiger partial charge is 0.381 e. The molecule has 1 aromatic heterocycles. The van der Waals surface area contributed by atoms with E-state index in [4.69, 9.17) is 0 Å². The van der Waals surface area contributed by atoms with Gasteiger partial charge in [0.25, 0.3) is 0 Å². The first-order valence-corrected chi connectivity index (χ1v) is 5.35. The Bertz CT molecular complexity index is 240. The number of rotatable bonds is 3. The number of nitrogens with one attached hydrogen (secondary N) is 1. The molecule has 0 radical (unpaired) electrons. The van der Waals surface area contributed by atoms with E-state index in [0.717, 1.165) is 0 Å². The van der Waals surface area contributed by atoms with Gasteiger partial charge in [0, 0.05) is 17.1 Å². The second-order valence-corrected chi connectivity index (χ2v) is 4.39. The van der Waals surface area contributed by atoms with Gasteiger partial charge in [-0.2, -0.15) is 0 Å². The highest BCUT2D eigenvalue weighted by Gasteiger charge is 2.07. The quantitative estimate of drug-likeness (QED) is 0.756. The Morgan fingerprint density at radius 2 is 1.92 bits per heavy atom. The summed E-state index contributed by atoms with van der Waals surface area (Å²) in [7, 11) is 0. The summed E-state index contributed by atoms with van der Waals surface area (Å²) in [5.74, 6) is 0.685. The molecule has 0 bridgehead atoms. The van der Waals surface area contributed by atoms with Crippen LogP contribution in [0.25, 0.3) is 0 Å². The van der Waals surface area contributed by atoms with Crippen LogP contribution in [0, 0.1) is 12.8 Å². The third-order valence-electron chi connectivity index (χ3n) is 2.24. The van der Waals surface area contributed by atoms with Crippen molar-refractivity contribution in [3.63, 3.8) is 0 Å². The van der Waals surface area contributed by atoms with E-state index >= 15 is 0 Å². The molecule has 1 atom stereocenters. The lowest BCUT2D eigenvalue weighted by atomic mass is 10.1. The molecule has 1 N–H and O–H groups in total. The minimum absolute atomic E-state index is 0.554. The highest BCUT2D eigenvalue weighted by Crippen LogP contribution is 2.21. The highest BCUT2D eigenvalue weighted by molar-refractivity contribution is 7.08. The lowest BCUT2D eigenvalue weighted by Gasteiger charge is -2.18. The summed E-state index contributed by atoms with van der Waals surface area (Å²) < 4.78 is 0. The van der Waals surface area contributed by atoms with Crippen molar-refractivity contribution in [1.82, 2.24) is 0 Å². The van der Waals surface area contributed by atoms with Crippen molar-refractivity contribution < 1.29 is 0 Å². The van der Waals surface area contributed by atoms with E-state index < -0.39 is 0 Å². The normalized spacial score (nSPS) is 13.4. The zero-order chi connectivity index (χ0) is 9.14. The maximum absolute atomic E-state index is 3.50. The first kappa shape index (κ1) is 9.59. The summed E-state index contributed by atoms with van der Waals surface area (Å²) in [6, 6.07) is 0.554. The Balaban J connectivity index is 2.58. The molecule has 0 aromatic carbocycles. The fourth-order valence-electron chi connectivity index (χ4n) is 0.920.